The van der Waals surface area contributed by atoms with Crippen molar-refractivity contribution < 1.29 is 0 Å². The van der Waals surface area contributed by atoms with Crippen molar-refractivity contribution >= 4 is 33.2 Å². The predicted octanol–water partition coefficient (Wildman–Crippen LogP) is 4.80. The quantitative estimate of drug-likeness (QED) is 0.822. The van der Waals surface area contributed by atoms with Gasteiger partial charge in [0.15, 0.2) is 0 Å². The first-order valence-corrected chi connectivity index (χ1v) is 8.17. The number of nitrogens with two attached hydrogens (primary N) is 1. The van der Waals surface area contributed by atoms with E-state index in [2.05, 4.69) is 65.1 Å². The fourth-order valence-electron chi connectivity index (χ4n) is 2.30. The number of nitrogens with zero attached hydrogens (tertiary/aromatic N) is 1. The van der Waals surface area contributed by atoms with Crippen molar-refractivity contribution in [2.24, 2.45) is 5.73 Å². The lowest BCUT2D eigenvalue weighted by molar-refractivity contribution is 0.739. The molecule has 2 rings (SSSR count). The normalized spacial score (nSPS) is 12.2. The van der Waals surface area contributed by atoms with Crippen LogP contribution >= 0.6 is 27.5 Å². The van der Waals surface area contributed by atoms with Crippen LogP contribution in [0.2, 0.25) is 5.02 Å². The second kappa shape index (κ2) is 7.30. The van der Waals surface area contributed by atoms with Crippen LogP contribution in [0.1, 0.15) is 24.1 Å². The molecule has 1 atom stereocenters. The largest absolute Gasteiger partial charge is 0.368 e. The number of rotatable bonds is 5. The summed E-state index contributed by atoms with van der Waals surface area (Å²) in [4.78, 5) is 2.25. The van der Waals surface area contributed by atoms with Crippen molar-refractivity contribution in [3.63, 3.8) is 0 Å². The Bertz CT molecular complexity index is 598. The summed E-state index contributed by atoms with van der Waals surface area (Å²) in [7, 11) is 2.10. The zero-order valence-electron chi connectivity index (χ0n) is 12.3. The summed E-state index contributed by atoms with van der Waals surface area (Å²) >= 11 is 9.58. The van der Waals surface area contributed by atoms with Crippen LogP contribution in [0.25, 0.3) is 0 Å². The molecule has 112 valence electrons. The van der Waals surface area contributed by atoms with Gasteiger partial charge in [0.2, 0.25) is 0 Å². The van der Waals surface area contributed by atoms with E-state index in [1.54, 1.807) is 0 Å². The Morgan fingerprint density at radius 2 is 1.86 bits per heavy atom. The van der Waals surface area contributed by atoms with Gasteiger partial charge < -0.3 is 10.6 Å². The Labute approximate surface area is 140 Å². The number of halogens is 2. The molecule has 0 fully saturated rings. The highest BCUT2D eigenvalue weighted by Crippen LogP contribution is 2.29. The van der Waals surface area contributed by atoms with Gasteiger partial charge in [0.05, 0.1) is 6.04 Å². The summed E-state index contributed by atoms with van der Waals surface area (Å²) in [5.41, 5.74) is 9.28. The van der Waals surface area contributed by atoms with Crippen LogP contribution in [-0.2, 0) is 6.42 Å². The van der Waals surface area contributed by atoms with Crippen molar-refractivity contribution in [2.45, 2.75) is 19.4 Å². The lowest BCUT2D eigenvalue weighted by Gasteiger charge is -2.28. The average molecular weight is 368 g/mol. The zero-order valence-corrected chi connectivity index (χ0v) is 14.7. The highest BCUT2D eigenvalue weighted by Gasteiger charge is 2.13. The summed E-state index contributed by atoms with van der Waals surface area (Å²) in [6.45, 7) is 2.85. The van der Waals surface area contributed by atoms with Crippen LogP contribution < -0.4 is 10.6 Å². The molecule has 0 radical (unpaired) electrons. The van der Waals surface area contributed by atoms with Crippen LogP contribution in [-0.4, -0.2) is 13.6 Å². The minimum atomic E-state index is 0.273. The molecule has 0 heterocycles. The van der Waals surface area contributed by atoms with Gasteiger partial charge in [-0.25, -0.2) is 0 Å². The molecule has 0 aliphatic carbocycles. The molecule has 0 saturated carbocycles. The highest BCUT2D eigenvalue weighted by molar-refractivity contribution is 9.10. The van der Waals surface area contributed by atoms with Crippen LogP contribution in [0, 0.1) is 0 Å². The van der Waals surface area contributed by atoms with Gasteiger partial charge in [-0.15, -0.1) is 0 Å². The van der Waals surface area contributed by atoms with Crippen molar-refractivity contribution in [2.75, 3.05) is 18.5 Å². The number of hydrogen-bond acceptors (Lipinski definition) is 2. The molecule has 2 N–H and O–H groups in total. The first-order chi connectivity index (χ1) is 10.0. The fraction of sp³-hybridized carbons (Fsp3) is 0.294. The van der Waals surface area contributed by atoms with E-state index in [9.17, 15) is 0 Å². The summed E-state index contributed by atoms with van der Waals surface area (Å²) in [5.74, 6) is 0. The summed E-state index contributed by atoms with van der Waals surface area (Å²) in [6, 6.07) is 14.7. The first-order valence-electron chi connectivity index (χ1n) is 6.99. The van der Waals surface area contributed by atoms with Crippen LogP contribution in [0.3, 0.4) is 0 Å². The summed E-state index contributed by atoms with van der Waals surface area (Å²) < 4.78 is 1.11. The van der Waals surface area contributed by atoms with E-state index in [1.807, 2.05) is 12.1 Å². The lowest BCUT2D eigenvalue weighted by Crippen LogP contribution is -2.21. The molecule has 0 saturated heterocycles. The molecule has 2 aromatic rings. The third-order valence-corrected chi connectivity index (χ3v) is 4.78. The minimum absolute atomic E-state index is 0.273. The van der Waals surface area contributed by atoms with Crippen molar-refractivity contribution in [3.05, 3.63) is 63.1 Å². The highest BCUT2D eigenvalue weighted by atomic mass is 79.9. The van der Waals surface area contributed by atoms with E-state index in [4.69, 9.17) is 17.3 Å². The topological polar surface area (TPSA) is 29.3 Å². The van der Waals surface area contributed by atoms with Gasteiger partial charge >= 0.3 is 0 Å². The van der Waals surface area contributed by atoms with Crippen LogP contribution in [0.5, 0.6) is 0 Å². The number of hydrogen-bond donors (Lipinski definition) is 1. The molecular weight excluding hydrogens is 348 g/mol. The minimum Gasteiger partial charge on any atom is -0.368 e. The Hall–Kier alpha value is -1.03. The van der Waals surface area contributed by atoms with E-state index in [-0.39, 0.29) is 6.04 Å². The monoisotopic (exact) mass is 366 g/mol. The second-order valence-corrected chi connectivity index (χ2v) is 6.44. The van der Waals surface area contributed by atoms with Gasteiger partial charge in [0, 0.05) is 22.2 Å². The van der Waals surface area contributed by atoms with Gasteiger partial charge in [0.25, 0.3) is 0 Å². The molecule has 0 aliphatic rings. The molecule has 0 amide bonds. The molecule has 2 aromatic carbocycles. The molecule has 21 heavy (non-hydrogen) atoms. The molecule has 0 spiro atoms. The first kappa shape index (κ1) is 16.3. The van der Waals surface area contributed by atoms with Crippen molar-refractivity contribution in [3.8, 4) is 0 Å². The van der Waals surface area contributed by atoms with Gasteiger partial charge in [-0.3, -0.25) is 0 Å². The van der Waals surface area contributed by atoms with Crippen molar-refractivity contribution in [1.29, 1.82) is 0 Å². The molecule has 0 bridgehead atoms. The molecule has 0 aromatic heterocycles. The molecule has 1 unspecified atom stereocenters. The van der Waals surface area contributed by atoms with Gasteiger partial charge in [-0.05, 0) is 55.3 Å². The number of anilines is 1. The Morgan fingerprint density at radius 1 is 1.19 bits per heavy atom. The van der Waals surface area contributed by atoms with E-state index in [1.165, 1.54) is 16.8 Å². The second-order valence-electron chi connectivity index (χ2n) is 5.15. The number of benzene rings is 2. The summed E-state index contributed by atoms with van der Waals surface area (Å²) in [6.07, 6.45) is 0.886. The Balaban J connectivity index is 2.20. The van der Waals surface area contributed by atoms with Crippen LogP contribution in [0.15, 0.2) is 46.9 Å². The fourth-order valence-corrected chi connectivity index (χ4v) is 2.99. The smallest absolute Gasteiger partial charge is 0.0511 e. The van der Waals surface area contributed by atoms with E-state index in [0.717, 1.165) is 15.9 Å². The van der Waals surface area contributed by atoms with Crippen LogP contribution in [0.4, 0.5) is 5.69 Å². The maximum Gasteiger partial charge on any atom is 0.0511 e. The van der Waals surface area contributed by atoms with Gasteiger partial charge in [-0.2, -0.15) is 0 Å². The summed E-state index contributed by atoms with van der Waals surface area (Å²) in [5, 5.41) is 0.766. The maximum atomic E-state index is 5.95. The average Bonchev–Trinajstić information content (AvgIpc) is 2.49. The Morgan fingerprint density at radius 3 is 2.43 bits per heavy atom. The third-order valence-electron chi connectivity index (χ3n) is 3.79. The molecular formula is C17H20BrClN2. The Kier molecular flexibility index (Phi) is 5.68. The zero-order chi connectivity index (χ0) is 15.4. The molecule has 4 heteroatoms. The van der Waals surface area contributed by atoms with Crippen molar-refractivity contribution in [1.82, 2.24) is 0 Å². The molecule has 0 aliphatic heterocycles. The maximum absolute atomic E-state index is 5.95. The van der Waals surface area contributed by atoms with E-state index < -0.39 is 0 Å². The standard InChI is InChI=1S/C17H20BrClN2/c1-12(13-3-6-15(19)7-4-13)21(2)16-8-5-14(9-10-20)17(18)11-16/h3-8,11-12H,9-10,20H2,1-2H3. The van der Waals surface area contributed by atoms with Gasteiger partial charge in [-0.1, -0.05) is 45.7 Å². The van der Waals surface area contributed by atoms with E-state index in [0.29, 0.717) is 6.54 Å². The van der Waals surface area contributed by atoms with Gasteiger partial charge in [0.1, 0.15) is 0 Å². The molecule has 2 nitrogen and oxygen atoms in total. The predicted molar refractivity (Wildman–Crippen MR) is 95.2 cm³/mol. The third kappa shape index (κ3) is 4.00. The lowest BCUT2D eigenvalue weighted by atomic mass is 10.1. The van der Waals surface area contributed by atoms with E-state index >= 15 is 0 Å². The SMILES string of the molecule is CC(c1ccc(Cl)cc1)N(C)c1ccc(CCN)c(Br)c1.